The van der Waals surface area contributed by atoms with Crippen molar-refractivity contribution in [2.75, 3.05) is 0 Å². The zero-order valence-corrected chi connectivity index (χ0v) is 8.57. The minimum Gasteiger partial charge on any atom is -0.327 e. The second-order valence-electron chi connectivity index (χ2n) is 3.91. The molecule has 0 radical (unpaired) electrons. The van der Waals surface area contributed by atoms with Crippen LogP contribution < -0.4 is 5.73 Å². The Morgan fingerprint density at radius 1 is 1.15 bits per heavy atom. The summed E-state index contributed by atoms with van der Waals surface area (Å²) in [6.07, 6.45) is 3.65. The van der Waals surface area contributed by atoms with Crippen LogP contribution in [0.3, 0.4) is 0 Å². The van der Waals surface area contributed by atoms with Crippen molar-refractivity contribution in [2.45, 2.75) is 32.7 Å². The molecule has 0 fully saturated rings. The van der Waals surface area contributed by atoms with Crippen LogP contribution in [0.15, 0.2) is 24.5 Å². The van der Waals surface area contributed by atoms with Crippen molar-refractivity contribution < 1.29 is 0 Å². The highest BCUT2D eigenvalue weighted by Gasteiger charge is 2.19. The average molecular weight is 178 g/mol. The summed E-state index contributed by atoms with van der Waals surface area (Å²) in [6, 6.07) is 4.30. The van der Waals surface area contributed by atoms with Crippen molar-refractivity contribution in [3.63, 3.8) is 0 Å². The van der Waals surface area contributed by atoms with E-state index in [1.165, 1.54) is 5.56 Å². The molecule has 0 saturated heterocycles. The molecule has 0 bridgehead atoms. The molecule has 2 nitrogen and oxygen atoms in total. The predicted molar refractivity (Wildman–Crippen MR) is 55.5 cm³/mol. The largest absolute Gasteiger partial charge is 0.327 e. The molecule has 1 aromatic heterocycles. The molecule has 0 amide bonds. The zero-order valence-electron chi connectivity index (χ0n) is 8.57. The molecular formula is C11H18N2. The molecule has 13 heavy (non-hydrogen) atoms. The summed E-state index contributed by atoms with van der Waals surface area (Å²) in [5.74, 6) is 1.00. The summed E-state index contributed by atoms with van der Waals surface area (Å²) in [5.41, 5.74) is 7.24. The van der Waals surface area contributed by atoms with E-state index in [0.29, 0.717) is 11.8 Å². The van der Waals surface area contributed by atoms with Gasteiger partial charge in [-0.1, -0.05) is 13.8 Å². The highest BCUT2D eigenvalue weighted by molar-refractivity contribution is 5.18. The van der Waals surface area contributed by atoms with Crippen molar-refractivity contribution >= 4 is 0 Å². The standard InChI is InChI=1S/C11H18N2/c1-8(2)11(9(3)12)10-4-6-13-7-5-10/h4-9,11H,12H2,1-3H3. The number of nitrogens with zero attached hydrogens (tertiary/aromatic N) is 1. The predicted octanol–water partition coefficient (Wildman–Crippen LogP) is 2.17. The van der Waals surface area contributed by atoms with Crippen LogP contribution in [0.25, 0.3) is 0 Å². The summed E-state index contributed by atoms with van der Waals surface area (Å²) in [6.45, 7) is 6.47. The topological polar surface area (TPSA) is 38.9 Å². The van der Waals surface area contributed by atoms with Gasteiger partial charge in [0.2, 0.25) is 0 Å². The maximum Gasteiger partial charge on any atom is 0.0270 e. The minimum atomic E-state index is 0.197. The molecule has 0 spiro atoms. The number of nitrogens with two attached hydrogens (primary N) is 1. The Kier molecular flexibility index (Phi) is 3.43. The number of rotatable bonds is 3. The quantitative estimate of drug-likeness (QED) is 0.770. The van der Waals surface area contributed by atoms with Gasteiger partial charge in [0.15, 0.2) is 0 Å². The van der Waals surface area contributed by atoms with Gasteiger partial charge in [-0.05, 0) is 30.5 Å². The minimum absolute atomic E-state index is 0.197. The van der Waals surface area contributed by atoms with E-state index >= 15 is 0 Å². The highest BCUT2D eigenvalue weighted by atomic mass is 14.6. The van der Waals surface area contributed by atoms with Crippen LogP contribution in [0.1, 0.15) is 32.3 Å². The van der Waals surface area contributed by atoms with Crippen LogP contribution in [0.2, 0.25) is 0 Å². The first-order valence-corrected chi connectivity index (χ1v) is 4.78. The van der Waals surface area contributed by atoms with Gasteiger partial charge in [0.05, 0.1) is 0 Å². The molecule has 0 saturated carbocycles. The van der Waals surface area contributed by atoms with E-state index in [4.69, 9.17) is 5.73 Å². The lowest BCUT2D eigenvalue weighted by atomic mass is 9.84. The van der Waals surface area contributed by atoms with E-state index in [-0.39, 0.29) is 6.04 Å². The summed E-state index contributed by atoms with van der Waals surface area (Å²) in [5, 5.41) is 0. The van der Waals surface area contributed by atoms with Crippen LogP contribution in [-0.2, 0) is 0 Å². The third-order valence-electron chi connectivity index (χ3n) is 2.38. The van der Waals surface area contributed by atoms with Gasteiger partial charge in [-0.15, -0.1) is 0 Å². The zero-order chi connectivity index (χ0) is 9.84. The van der Waals surface area contributed by atoms with Gasteiger partial charge in [0.25, 0.3) is 0 Å². The van der Waals surface area contributed by atoms with Gasteiger partial charge in [-0.2, -0.15) is 0 Å². The Hall–Kier alpha value is -0.890. The van der Waals surface area contributed by atoms with Crippen molar-refractivity contribution in [1.29, 1.82) is 0 Å². The molecule has 2 N–H and O–H groups in total. The van der Waals surface area contributed by atoms with E-state index < -0.39 is 0 Å². The molecule has 2 heteroatoms. The van der Waals surface area contributed by atoms with Crippen molar-refractivity contribution in [2.24, 2.45) is 11.7 Å². The van der Waals surface area contributed by atoms with Crippen molar-refractivity contribution in [1.82, 2.24) is 4.98 Å². The molecule has 0 aromatic carbocycles. The van der Waals surface area contributed by atoms with Gasteiger partial charge in [-0.25, -0.2) is 0 Å². The monoisotopic (exact) mass is 178 g/mol. The molecular weight excluding hydrogens is 160 g/mol. The van der Waals surface area contributed by atoms with Gasteiger partial charge < -0.3 is 5.73 Å². The second kappa shape index (κ2) is 4.38. The normalized spacial score (nSPS) is 15.8. The molecule has 2 unspecified atom stereocenters. The summed E-state index contributed by atoms with van der Waals surface area (Å²) >= 11 is 0. The van der Waals surface area contributed by atoms with Crippen molar-refractivity contribution in [3.05, 3.63) is 30.1 Å². The number of hydrogen-bond acceptors (Lipinski definition) is 2. The van der Waals surface area contributed by atoms with Crippen LogP contribution in [0, 0.1) is 5.92 Å². The maximum absolute atomic E-state index is 5.95. The highest BCUT2D eigenvalue weighted by Crippen LogP contribution is 2.26. The first kappa shape index (κ1) is 10.2. The molecule has 0 aliphatic carbocycles. The maximum atomic E-state index is 5.95. The summed E-state index contributed by atoms with van der Waals surface area (Å²) in [4.78, 5) is 4.01. The fourth-order valence-corrected chi connectivity index (χ4v) is 1.88. The van der Waals surface area contributed by atoms with Gasteiger partial charge >= 0.3 is 0 Å². The van der Waals surface area contributed by atoms with Crippen molar-refractivity contribution in [3.8, 4) is 0 Å². The first-order valence-electron chi connectivity index (χ1n) is 4.78. The van der Waals surface area contributed by atoms with Gasteiger partial charge in [-0.3, -0.25) is 4.98 Å². The lowest BCUT2D eigenvalue weighted by Crippen LogP contribution is -2.28. The average Bonchev–Trinajstić information content (AvgIpc) is 2.04. The molecule has 2 atom stereocenters. The second-order valence-corrected chi connectivity index (χ2v) is 3.91. The molecule has 0 aliphatic heterocycles. The van der Waals surface area contributed by atoms with Crippen LogP contribution in [0.4, 0.5) is 0 Å². The summed E-state index contributed by atoms with van der Waals surface area (Å²) in [7, 11) is 0. The molecule has 72 valence electrons. The van der Waals surface area contributed by atoms with E-state index in [0.717, 1.165) is 0 Å². The fraction of sp³-hybridized carbons (Fsp3) is 0.545. The molecule has 1 heterocycles. The Balaban J connectivity index is 2.89. The Bertz CT molecular complexity index is 234. The number of hydrogen-bond donors (Lipinski definition) is 1. The molecule has 1 aromatic rings. The van der Waals surface area contributed by atoms with E-state index in [1.807, 2.05) is 24.5 Å². The van der Waals surface area contributed by atoms with Crippen LogP contribution in [0.5, 0.6) is 0 Å². The smallest absolute Gasteiger partial charge is 0.0270 e. The Morgan fingerprint density at radius 2 is 1.69 bits per heavy atom. The number of aromatic nitrogens is 1. The lowest BCUT2D eigenvalue weighted by Gasteiger charge is -2.24. The van der Waals surface area contributed by atoms with E-state index in [1.54, 1.807) is 0 Å². The SMILES string of the molecule is CC(C)C(c1ccncc1)C(C)N. The number of pyridine rings is 1. The van der Waals surface area contributed by atoms with Gasteiger partial charge in [0.1, 0.15) is 0 Å². The van der Waals surface area contributed by atoms with Crippen LogP contribution in [-0.4, -0.2) is 11.0 Å². The van der Waals surface area contributed by atoms with Gasteiger partial charge in [0, 0.05) is 24.4 Å². The third kappa shape index (κ3) is 2.52. The van der Waals surface area contributed by atoms with Crippen LogP contribution >= 0.6 is 0 Å². The third-order valence-corrected chi connectivity index (χ3v) is 2.38. The fourth-order valence-electron chi connectivity index (χ4n) is 1.88. The molecule has 0 aliphatic rings. The van der Waals surface area contributed by atoms with E-state index in [9.17, 15) is 0 Å². The Labute approximate surface area is 80.2 Å². The molecule has 1 rings (SSSR count). The lowest BCUT2D eigenvalue weighted by molar-refractivity contribution is 0.435. The van der Waals surface area contributed by atoms with E-state index in [2.05, 4.69) is 25.8 Å². The Morgan fingerprint density at radius 3 is 2.08 bits per heavy atom. The first-order chi connectivity index (χ1) is 6.13. The summed E-state index contributed by atoms with van der Waals surface area (Å²) < 4.78 is 0.